The molecule has 1 saturated heterocycles. The smallest absolute Gasteiger partial charge is 0.227 e. The number of rotatable bonds is 5. The van der Waals surface area contributed by atoms with Crippen molar-refractivity contribution in [3.05, 3.63) is 65.2 Å². The molecule has 0 aliphatic carbocycles. The number of aromatic hydroxyl groups is 1. The van der Waals surface area contributed by atoms with Gasteiger partial charge < -0.3 is 15.1 Å². The molecular weight excluding hydrogens is 314 g/mol. The summed E-state index contributed by atoms with van der Waals surface area (Å²) in [6.07, 6.45) is 2.19. The van der Waals surface area contributed by atoms with Crippen molar-refractivity contribution in [3.8, 4) is 5.75 Å². The molecule has 2 unspecified atom stereocenters. The second-order valence-corrected chi connectivity index (χ2v) is 6.84. The SMILES string of the molecule is Cc1ccc(CC(=O)N2CCCC2CC(O)c2ccccc2)cc1O. The molecule has 2 aromatic carbocycles. The summed E-state index contributed by atoms with van der Waals surface area (Å²) in [5.41, 5.74) is 2.52. The van der Waals surface area contributed by atoms with Gasteiger partial charge in [0.2, 0.25) is 5.91 Å². The average Bonchev–Trinajstić information content (AvgIpc) is 3.07. The minimum atomic E-state index is -0.553. The Morgan fingerprint density at radius 1 is 1.24 bits per heavy atom. The van der Waals surface area contributed by atoms with Gasteiger partial charge in [-0.2, -0.15) is 0 Å². The largest absolute Gasteiger partial charge is 0.508 e. The van der Waals surface area contributed by atoms with E-state index in [1.54, 1.807) is 6.07 Å². The number of nitrogens with zero attached hydrogens (tertiary/aromatic N) is 1. The fourth-order valence-corrected chi connectivity index (χ4v) is 3.52. The van der Waals surface area contributed by atoms with Crippen LogP contribution in [0.25, 0.3) is 0 Å². The van der Waals surface area contributed by atoms with E-state index in [0.29, 0.717) is 6.42 Å². The quantitative estimate of drug-likeness (QED) is 0.878. The van der Waals surface area contributed by atoms with Crippen molar-refractivity contribution in [2.24, 2.45) is 0 Å². The zero-order valence-electron chi connectivity index (χ0n) is 14.6. The molecule has 0 aromatic heterocycles. The minimum Gasteiger partial charge on any atom is -0.508 e. The molecular formula is C21H25NO3. The van der Waals surface area contributed by atoms with Gasteiger partial charge in [0, 0.05) is 12.6 Å². The lowest BCUT2D eigenvalue weighted by atomic mass is 10.00. The fraction of sp³-hybridized carbons (Fsp3) is 0.381. The minimum absolute atomic E-state index is 0.0611. The van der Waals surface area contributed by atoms with Gasteiger partial charge in [-0.15, -0.1) is 0 Å². The maximum atomic E-state index is 12.7. The third kappa shape index (κ3) is 4.20. The molecule has 2 atom stereocenters. The zero-order chi connectivity index (χ0) is 17.8. The van der Waals surface area contributed by atoms with E-state index in [9.17, 15) is 15.0 Å². The number of carbonyl (C=O) groups excluding carboxylic acids is 1. The number of aliphatic hydroxyl groups excluding tert-OH is 1. The Morgan fingerprint density at radius 3 is 2.72 bits per heavy atom. The number of amides is 1. The molecule has 1 amide bonds. The number of phenolic OH excluding ortho intramolecular Hbond substituents is 1. The summed E-state index contributed by atoms with van der Waals surface area (Å²) in [4.78, 5) is 14.6. The van der Waals surface area contributed by atoms with E-state index in [4.69, 9.17) is 0 Å². The van der Waals surface area contributed by atoms with Crippen molar-refractivity contribution in [2.75, 3.05) is 6.54 Å². The predicted octanol–water partition coefficient (Wildman–Crippen LogP) is 3.36. The second kappa shape index (κ2) is 7.70. The van der Waals surface area contributed by atoms with E-state index in [0.717, 1.165) is 36.1 Å². The summed E-state index contributed by atoms with van der Waals surface area (Å²) < 4.78 is 0. The van der Waals surface area contributed by atoms with Crippen molar-refractivity contribution >= 4 is 5.91 Å². The van der Waals surface area contributed by atoms with Gasteiger partial charge in [-0.3, -0.25) is 4.79 Å². The number of hydrogen-bond acceptors (Lipinski definition) is 3. The van der Waals surface area contributed by atoms with Crippen LogP contribution in [0.2, 0.25) is 0 Å². The Morgan fingerprint density at radius 2 is 2.00 bits per heavy atom. The van der Waals surface area contributed by atoms with Crippen LogP contribution in [0.1, 0.15) is 42.1 Å². The van der Waals surface area contributed by atoms with Crippen molar-refractivity contribution in [1.82, 2.24) is 4.90 Å². The van der Waals surface area contributed by atoms with Gasteiger partial charge in [-0.25, -0.2) is 0 Å². The summed E-state index contributed by atoms with van der Waals surface area (Å²) in [6.45, 7) is 2.57. The lowest BCUT2D eigenvalue weighted by Gasteiger charge is -2.27. The zero-order valence-corrected chi connectivity index (χ0v) is 14.6. The number of phenols is 1. The molecule has 4 nitrogen and oxygen atoms in total. The second-order valence-electron chi connectivity index (χ2n) is 6.84. The predicted molar refractivity (Wildman–Crippen MR) is 97.3 cm³/mol. The lowest BCUT2D eigenvalue weighted by molar-refractivity contribution is -0.131. The summed E-state index contributed by atoms with van der Waals surface area (Å²) in [7, 11) is 0. The van der Waals surface area contributed by atoms with Gasteiger partial charge >= 0.3 is 0 Å². The van der Waals surface area contributed by atoms with Gasteiger partial charge in [0.05, 0.1) is 12.5 Å². The number of benzene rings is 2. The molecule has 1 aliphatic heterocycles. The molecule has 1 aliphatic rings. The van der Waals surface area contributed by atoms with Crippen molar-refractivity contribution in [1.29, 1.82) is 0 Å². The highest BCUT2D eigenvalue weighted by molar-refractivity contribution is 5.79. The molecule has 1 heterocycles. The fourth-order valence-electron chi connectivity index (χ4n) is 3.52. The number of hydrogen-bond donors (Lipinski definition) is 2. The first-order chi connectivity index (χ1) is 12.0. The lowest BCUT2D eigenvalue weighted by Crippen LogP contribution is -2.37. The van der Waals surface area contributed by atoms with Crippen molar-refractivity contribution in [2.45, 2.75) is 44.8 Å². The van der Waals surface area contributed by atoms with E-state index in [2.05, 4.69) is 0 Å². The standard InChI is InChI=1S/C21H25NO3/c1-15-9-10-16(12-19(15)23)13-21(25)22-11-5-8-18(22)14-20(24)17-6-3-2-4-7-17/h2-4,6-7,9-10,12,18,20,23-24H,5,8,11,13-14H2,1H3. The summed E-state index contributed by atoms with van der Waals surface area (Å²) in [5, 5.41) is 20.3. The number of likely N-dealkylation sites (tertiary alicyclic amines) is 1. The molecule has 0 bridgehead atoms. The van der Waals surface area contributed by atoms with Gasteiger partial charge in [-0.1, -0.05) is 42.5 Å². The molecule has 0 radical (unpaired) electrons. The normalized spacial score (nSPS) is 18.3. The molecule has 1 fully saturated rings. The van der Waals surface area contributed by atoms with E-state index < -0.39 is 6.10 Å². The first-order valence-corrected chi connectivity index (χ1v) is 8.85. The van der Waals surface area contributed by atoms with E-state index in [1.807, 2.05) is 54.3 Å². The average molecular weight is 339 g/mol. The molecule has 2 N–H and O–H groups in total. The summed E-state index contributed by atoms with van der Waals surface area (Å²) in [5.74, 6) is 0.286. The third-order valence-corrected chi connectivity index (χ3v) is 5.01. The Bertz CT molecular complexity index is 729. The van der Waals surface area contributed by atoms with Crippen LogP contribution in [0.5, 0.6) is 5.75 Å². The highest BCUT2D eigenvalue weighted by Crippen LogP contribution is 2.28. The molecule has 2 aromatic rings. The van der Waals surface area contributed by atoms with Crippen LogP contribution in [-0.2, 0) is 11.2 Å². The summed E-state index contributed by atoms with van der Waals surface area (Å²) >= 11 is 0. The monoisotopic (exact) mass is 339 g/mol. The first-order valence-electron chi connectivity index (χ1n) is 8.85. The number of aliphatic hydroxyl groups is 1. The Balaban J connectivity index is 1.64. The van der Waals surface area contributed by atoms with Crippen molar-refractivity contribution < 1.29 is 15.0 Å². The summed E-state index contributed by atoms with van der Waals surface area (Å²) in [6, 6.07) is 15.1. The topological polar surface area (TPSA) is 60.8 Å². The highest BCUT2D eigenvalue weighted by Gasteiger charge is 2.30. The van der Waals surface area contributed by atoms with Crippen LogP contribution in [0.3, 0.4) is 0 Å². The van der Waals surface area contributed by atoms with Crippen LogP contribution in [-0.4, -0.2) is 33.6 Å². The van der Waals surface area contributed by atoms with E-state index >= 15 is 0 Å². The van der Waals surface area contributed by atoms with Crippen LogP contribution >= 0.6 is 0 Å². The molecule has 0 saturated carbocycles. The van der Waals surface area contributed by atoms with Crippen LogP contribution in [0.4, 0.5) is 0 Å². The van der Waals surface area contributed by atoms with Gasteiger partial charge in [0.15, 0.2) is 0 Å². The highest BCUT2D eigenvalue weighted by atomic mass is 16.3. The Kier molecular flexibility index (Phi) is 5.39. The van der Waals surface area contributed by atoms with Crippen LogP contribution in [0, 0.1) is 6.92 Å². The number of aryl methyl sites for hydroxylation is 1. The molecule has 4 heteroatoms. The third-order valence-electron chi connectivity index (χ3n) is 5.01. The van der Waals surface area contributed by atoms with Crippen molar-refractivity contribution in [3.63, 3.8) is 0 Å². The van der Waals surface area contributed by atoms with Crippen LogP contribution < -0.4 is 0 Å². The maximum Gasteiger partial charge on any atom is 0.227 e. The maximum absolute atomic E-state index is 12.7. The molecule has 0 spiro atoms. The van der Waals surface area contributed by atoms with Gasteiger partial charge in [-0.05, 0) is 48.9 Å². The molecule has 132 valence electrons. The van der Waals surface area contributed by atoms with E-state index in [1.165, 1.54) is 0 Å². The van der Waals surface area contributed by atoms with E-state index in [-0.39, 0.29) is 24.1 Å². The van der Waals surface area contributed by atoms with Crippen LogP contribution in [0.15, 0.2) is 48.5 Å². The Hall–Kier alpha value is -2.33. The first kappa shape index (κ1) is 17.5. The molecule has 25 heavy (non-hydrogen) atoms. The number of carbonyl (C=O) groups is 1. The Labute approximate surface area is 148 Å². The van der Waals surface area contributed by atoms with Gasteiger partial charge in [0.25, 0.3) is 0 Å². The van der Waals surface area contributed by atoms with Gasteiger partial charge in [0.1, 0.15) is 5.75 Å². The molecule has 3 rings (SSSR count).